The lowest BCUT2D eigenvalue weighted by Crippen LogP contribution is -2.17. The van der Waals surface area contributed by atoms with E-state index in [0.717, 1.165) is 5.56 Å². The molecule has 0 aliphatic rings. The average Bonchev–Trinajstić information content (AvgIpc) is 2.69. The lowest BCUT2D eigenvalue weighted by molar-refractivity contribution is 0.0734. The number of carbonyl (C=O) groups excluding carboxylic acids is 2. The van der Waals surface area contributed by atoms with Crippen LogP contribution >= 0.6 is 23.2 Å². The molecule has 0 fully saturated rings. The van der Waals surface area contributed by atoms with E-state index < -0.39 is 5.97 Å². The zero-order chi connectivity index (χ0) is 19.9. The summed E-state index contributed by atoms with van der Waals surface area (Å²) in [5, 5.41) is 4.57. The molecule has 0 saturated heterocycles. The maximum atomic E-state index is 12.2. The molecular formula is C21H14Cl2N2O3. The van der Waals surface area contributed by atoms with Crippen LogP contribution in [0.1, 0.15) is 26.3 Å². The first-order valence-corrected chi connectivity index (χ1v) is 8.94. The van der Waals surface area contributed by atoms with Crippen molar-refractivity contribution in [1.29, 1.82) is 0 Å². The van der Waals surface area contributed by atoms with Gasteiger partial charge in [0.15, 0.2) is 0 Å². The molecule has 28 heavy (non-hydrogen) atoms. The molecule has 0 spiro atoms. The number of carbonyl (C=O) groups is 2. The molecule has 3 aromatic rings. The Bertz CT molecular complexity index is 1020. The minimum absolute atomic E-state index is 0.218. The van der Waals surface area contributed by atoms with Gasteiger partial charge in [-0.05, 0) is 60.2 Å². The van der Waals surface area contributed by atoms with Crippen LogP contribution in [0.3, 0.4) is 0 Å². The van der Waals surface area contributed by atoms with Gasteiger partial charge in [0.25, 0.3) is 5.91 Å². The largest absolute Gasteiger partial charge is 0.423 e. The fourth-order valence-corrected chi connectivity index (χ4v) is 2.74. The van der Waals surface area contributed by atoms with Crippen LogP contribution in [-0.4, -0.2) is 18.1 Å². The van der Waals surface area contributed by atoms with Crippen molar-refractivity contribution < 1.29 is 14.3 Å². The summed E-state index contributed by atoms with van der Waals surface area (Å²) in [4.78, 5) is 24.1. The number of hydrazone groups is 1. The van der Waals surface area contributed by atoms with Crippen molar-refractivity contribution in [3.8, 4) is 5.75 Å². The van der Waals surface area contributed by atoms with E-state index in [0.29, 0.717) is 16.3 Å². The Hall–Kier alpha value is -3.15. The Morgan fingerprint density at radius 1 is 0.929 bits per heavy atom. The smallest absolute Gasteiger partial charge is 0.345 e. The van der Waals surface area contributed by atoms with Crippen molar-refractivity contribution in [2.45, 2.75) is 0 Å². The second-order valence-electron chi connectivity index (χ2n) is 5.65. The topological polar surface area (TPSA) is 67.8 Å². The Labute approximate surface area is 171 Å². The van der Waals surface area contributed by atoms with E-state index in [1.807, 2.05) is 6.07 Å². The number of esters is 1. The molecule has 0 aliphatic carbocycles. The summed E-state index contributed by atoms with van der Waals surface area (Å²) in [5.74, 6) is -0.540. The molecule has 0 heterocycles. The highest BCUT2D eigenvalue weighted by Gasteiger charge is 2.13. The van der Waals surface area contributed by atoms with E-state index in [2.05, 4.69) is 10.5 Å². The fourth-order valence-electron chi connectivity index (χ4n) is 2.26. The predicted molar refractivity (Wildman–Crippen MR) is 109 cm³/mol. The SMILES string of the molecule is O=C(N/N=C/c1ccc(OC(=O)c2ccc(Cl)cc2Cl)cc1)c1ccccc1. The zero-order valence-electron chi connectivity index (χ0n) is 14.4. The first-order chi connectivity index (χ1) is 13.5. The first kappa shape index (κ1) is 19.6. The normalized spacial score (nSPS) is 10.6. The van der Waals surface area contributed by atoms with Crippen LogP contribution in [0, 0.1) is 0 Å². The molecule has 3 rings (SSSR count). The minimum Gasteiger partial charge on any atom is -0.423 e. The molecule has 1 N–H and O–H groups in total. The summed E-state index contributed by atoms with van der Waals surface area (Å²) in [6.07, 6.45) is 1.49. The summed E-state index contributed by atoms with van der Waals surface area (Å²) in [6, 6.07) is 19.9. The number of nitrogens with one attached hydrogen (secondary N) is 1. The monoisotopic (exact) mass is 412 g/mol. The van der Waals surface area contributed by atoms with Crippen LogP contribution in [-0.2, 0) is 0 Å². The van der Waals surface area contributed by atoms with Crippen LogP contribution in [0.5, 0.6) is 5.75 Å². The number of ether oxygens (including phenoxy) is 1. The van der Waals surface area contributed by atoms with Crippen molar-refractivity contribution in [1.82, 2.24) is 5.43 Å². The highest BCUT2D eigenvalue weighted by atomic mass is 35.5. The summed E-state index contributed by atoms with van der Waals surface area (Å²) in [6.45, 7) is 0. The third kappa shape index (κ3) is 5.19. The van der Waals surface area contributed by atoms with Gasteiger partial charge in [-0.3, -0.25) is 4.79 Å². The van der Waals surface area contributed by atoms with Gasteiger partial charge in [-0.1, -0.05) is 41.4 Å². The van der Waals surface area contributed by atoms with Gasteiger partial charge < -0.3 is 4.74 Å². The van der Waals surface area contributed by atoms with E-state index in [9.17, 15) is 9.59 Å². The lowest BCUT2D eigenvalue weighted by atomic mass is 10.2. The number of hydrogen-bond acceptors (Lipinski definition) is 4. The molecule has 1 amide bonds. The van der Waals surface area contributed by atoms with Gasteiger partial charge in [0.2, 0.25) is 0 Å². The fraction of sp³-hybridized carbons (Fsp3) is 0. The first-order valence-electron chi connectivity index (χ1n) is 8.19. The van der Waals surface area contributed by atoms with Crippen molar-refractivity contribution in [2.75, 3.05) is 0 Å². The van der Waals surface area contributed by atoms with E-state index in [1.54, 1.807) is 54.6 Å². The number of benzene rings is 3. The molecule has 0 aromatic heterocycles. The highest BCUT2D eigenvalue weighted by Crippen LogP contribution is 2.22. The van der Waals surface area contributed by atoms with Crippen LogP contribution in [0.2, 0.25) is 10.0 Å². The second kappa shape index (κ2) is 9.17. The number of halogens is 2. The zero-order valence-corrected chi connectivity index (χ0v) is 15.9. The number of amides is 1. The van der Waals surface area contributed by atoms with Crippen LogP contribution in [0.25, 0.3) is 0 Å². The molecule has 0 aliphatic heterocycles. The quantitative estimate of drug-likeness (QED) is 0.278. The molecule has 0 unspecified atom stereocenters. The third-order valence-electron chi connectivity index (χ3n) is 3.66. The Balaban J connectivity index is 1.59. The van der Waals surface area contributed by atoms with Gasteiger partial charge in [-0.25, -0.2) is 10.2 Å². The van der Waals surface area contributed by atoms with Crippen LogP contribution in [0.15, 0.2) is 77.9 Å². The van der Waals surface area contributed by atoms with Crippen molar-refractivity contribution in [3.05, 3.63) is 99.5 Å². The Kier molecular flexibility index (Phi) is 6.42. The van der Waals surface area contributed by atoms with Crippen molar-refractivity contribution >= 4 is 41.3 Å². The summed E-state index contributed by atoms with van der Waals surface area (Å²) in [5.41, 5.74) is 3.91. The number of hydrogen-bond donors (Lipinski definition) is 1. The molecule has 5 nitrogen and oxygen atoms in total. The standard InChI is InChI=1S/C21H14Cl2N2O3/c22-16-8-11-18(19(23)12-16)21(27)28-17-9-6-14(7-10-17)13-24-25-20(26)15-4-2-1-3-5-15/h1-13H,(H,25,26)/b24-13+. The molecule has 140 valence electrons. The van der Waals surface area contributed by atoms with Gasteiger partial charge in [0.1, 0.15) is 5.75 Å². The van der Waals surface area contributed by atoms with Gasteiger partial charge >= 0.3 is 5.97 Å². The Morgan fingerprint density at radius 3 is 2.32 bits per heavy atom. The minimum atomic E-state index is -0.585. The van der Waals surface area contributed by atoms with E-state index in [4.69, 9.17) is 27.9 Å². The average molecular weight is 413 g/mol. The predicted octanol–water partition coefficient (Wildman–Crippen LogP) is 4.98. The molecule has 0 saturated carbocycles. The van der Waals surface area contributed by atoms with E-state index in [1.165, 1.54) is 18.3 Å². The molecule has 7 heteroatoms. The molecule has 0 bridgehead atoms. The van der Waals surface area contributed by atoms with Crippen molar-refractivity contribution in [3.63, 3.8) is 0 Å². The van der Waals surface area contributed by atoms with Gasteiger partial charge in [-0.2, -0.15) is 5.10 Å². The van der Waals surface area contributed by atoms with Gasteiger partial charge in [0, 0.05) is 10.6 Å². The van der Waals surface area contributed by atoms with Crippen molar-refractivity contribution in [2.24, 2.45) is 5.10 Å². The summed E-state index contributed by atoms with van der Waals surface area (Å²) >= 11 is 11.8. The van der Waals surface area contributed by atoms with Crippen LogP contribution < -0.4 is 10.2 Å². The maximum absolute atomic E-state index is 12.2. The number of nitrogens with zero attached hydrogens (tertiary/aromatic N) is 1. The van der Waals surface area contributed by atoms with E-state index >= 15 is 0 Å². The highest BCUT2D eigenvalue weighted by molar-refractivity contribution is 6.36. The van der Waals surface area contributed by atoms with Gasteiger partial charge in [0.05, 0.1) is 16.8 Å². The summed E-state index contributed by atoms with van der Waals surface area (Å²) in [7, 11) is 0. The molecule has 0 radical (unpaired) electrons. The Morgan fingerprint density at radius 2 is 1.64 bits per heavy atom. The lowest BCUT2D eigenvalue weighted by Gasteiger charge is -2.06. The molecule has 0 atom stereocenters. The molecular weight excluding hydrogens is 399 g/mol. The second-order valence-corrected chi connectivity index (χ2v) is 6.49. The van der Waals surface area contributed by atoms with E-state index in [-0.39, 0.29) is 16.5 Å². The summed E-state index contributed by atoms with van der Waals surface area (Å²) < 4.78 is 5.30. The van der Waals surface area contributed by atoms with Crippen LogP contribution in [0.4, 0.5) is 0 Å². The third-order valence-corrected chi connectivity index (χ3v) is 4.21. The maximum Gasteiger partial charge on any atom is 0.345 e. The van der Waals surface area contributed by atoms with Gasteiger partial charge in [-0.15, -0.1) is 0 Å². The number of rotatable bonds is 5. The molecule has 3 aromatic carbocycles.